The standard InChI is InChI=1S/C18H19FN4O/c19-14-11-20-17(21-12-14)23-8-6-18(7-9-23)15(10-16(24)22-18)13-4-2-1-3-5-13/h1-5,11-12,15H,6-10H2,(H,22,24). The van der Waals surface area contributed by atoms with E-state index in [-0.39, 0.29) is 17.4 Å². The Bertz CT molecular complexity index is 726. The van der Waals surface area contributed by atoms with Crippen LogP contribution >= 0.6 is 0 Å². The molecule has 1 aromatic carbocycles. The summed E-state index contributed by atoms with van der Waals surface area (Å²) >= 11 is 0. The predicted molar refractivity (Wildman–Crippen MR) is 88.1 cm³/mol. The second kappa shape index (κ2) is 5.85. The molecule has 2 aliphatic heterocycles. The van der Waals surface area contributed by atoms with Crippen LogP contribution in [0.5, 0.6) is 0 Å². The monoisotopic (exact) mass is 326 g/mol. The smallest absolute Gasteiger partial charge is 0.225 e. The highest BCUT2D eigenvalue weighted by atomic mass is 19.1. The van der Waals surface area contributed by atoms with Crippen LogP contribution in [0.3, 0.4) is 0 Å². The molecule has 1 unspecified atom stereocenters. The van der Waals surface area contributed by atoms with Gasteiger partial charge < -0.3 is 10.2 Å². The van der Waals surface area contributed by atoms with Gasteiger partial charge in [0.25, 0.3) is 0 Å². The van der Waals surface area contributed by atoms with Crippen LogP contribution in [-0.2, 0) is 4.79 Å². The number of carbonyl (C=O) groups is 1. The number of piperidine rings is 1. The molecule has 6 heteroatoms. The lowest BCUT2D eigenvalue weighted by molar-refractivity contribution is -0.119. The van der Waals surface area contributed by atoms with Gasteiger partial charge in [-0.15, -0.1) is 0 Å². The van der Waals surface area contributed by atoms with E-state index in [1.807, 2.05) is 18.2 Å². The predicted octanol–water partition coefficient (Wildman–Crippen LogP) is 2.26. The van der Waals surface area contributed by atoms with Gasteiger partial charge in [-0.2, -0.15) is 0 Å². The average Bonchev–Trinajstić information content (AvgIpc) is 2.93. The van der Waals surface area contributed by atoms with E-state index in [2.05, 4.69) is 32.3 Å². The molecule has 0 radical (unpaired) electrons. The van der Waals surface area contributed by atoms with Gasteiger partial charge in [0.1, 0.15) is 0 Å². The zero-order valence-electron chi connectivity index (χ0n) is 13.3. The Morgan fingerprint density at radius 2 is 1.79 bits per heavy atom. The van der Waals surface area contributed by atoms with Crippen LogP contribution in [0.15, 0.2) is 42.7 Å². The van der Waals surface area contributed by atoms with E-state index in [1.165, 1.54) is 18.0 Å². The van der Waals surface area contributed by atoms with Crippen molar-refractivity contribution in [2.24, 2.45) is 0 Å². The first-order valence-corrected chi connectivity index (χ1v) is 8.25. The molecule has 0 bridgehead atoms. The molecule has 24 heavy (non-hydrogen) atoms. The lowest BCUT2D eigenvalue weighted by Gasteiger charge is -2.43. The Labute approximate surface area is 139 Å². The number of aromatic nitrogens is 2. The van der Waals surface area contributed by atoms with Gasteiger partial charge >= 0.3 is 0 Å². The summed E-state index contributed by atoms with van der Waals surface area (Å²) in [5, 5.41) is 3.23. The van der Waals surface area contributed by atoms with E-state index < -0.39 is 5.82 Å². The summed E-state index contributed by atoms with van der Waals surface area (Å²) in [7, 11) is 0. The van der Waals surface area contributed by atoms with E-state index in [9.17, 15) is 9.18 Å². The number of hydrogen-bond acceptors (Lipinski definition) is 4. The van der Waals surface area contributed by atoms with E-state index in [0.717, 1.165) is 25.9 Å². The molecule has 1 N–H and O–H groups in total. The minimum Gasteiger partial charge on any atom is -0.350 e. The summed E-state index contributed by atoms with van der Waals surface area (Å²) in [6.45, 7) is 1.49. The molecule has 2 aromatic rings. The number of nitrogens with one attached hydrogen (secondary N) is 1. The highest BCUT2D eigenvalue weighted by molar-refractivity contribution is 5.81. The van der Waals surface area contributed by atoms with E-state index in [0.29, 0.717) is 12.4 Å². The van der Waals surface area contributed by atoms with Crippen molar-refractivity contribution in [3.8, 4) is 0 Å². The van der Waals surface area contributed by atoms with E-state index >= 15 is 0 Å². The molecule has 2 saturated heterocycles. The first-order chi connectivity index (χ1) is 11.7. The third-order valence-corrected chi connectivity index (χ3v) is 5.19. The quantitative estimate of drug-likeness (QED) is 0.920. The molecule has 1 atom stereocenters. The van der Waals surface area contributed by atoms with Gasteiger partial charge in [-0.1, -0.05) is 30.3 Å². The molecular weight excluding hydrogens is 307 g/mol. The fourth-order valence-corrected chi connectivity index (χ4v) is 3.97. The Kier molecular flexibility index (Phi) is 3.67. The second-order valence-electron chi connectivity index (χ2n) is 6.56. The van der Waals surface area contributed by atoms with Gasteiger partial charge in [0.15, 0.2) is 5.82 Å². The van der Waals surface area contributed by atoms with Crippen molar-refractivity contribution < 1.29 is 9.18 Å². The third-order valence-electron chi connectivity index (χ3n) is 5.19. The van der Waals surface area contributed by atoms with Crippen LogP contribution in [0.2, 0.25) is 0 Å². The molecular formula is C18H19FN4O. The van der Waals surface area contributed by atoms with Crippen LogP contribution in [0.1, 0.15) is 30.7 Å². The summed E-state index contributed by atoms with van der Waals surface area (Å²) in [5.74, 6) is 0.434. The topological polar surface area (TPSA) is 58.1 Å². The van der Waals surface area contributed by atoms with Gasteiger partial charge in [0.2, 0.25) is 11.9 Å². The van der Waals surface area contributed by atoms with Crippen LogP contribution in [0, 0.1) is 5.82 Å². The molecule has 4 rings (SSSR count). The Morgan fingerprint density at radius 1 is 1.12 bits per heavy atom. The number of carbonyl (C=O) groups excluding carboxylic acids is 1. The van der Waals surface area contributed by atoms with Gasteiger partial charge in [-0.3, -0.25) is 4.79 Å². The van der Waals surface area contributed by atoms with Gasteiger partial charge in [-0.05, 0) is 18.4 Å². The molecule has 3 heterocycles. The lowest BCUT2D eigenvalue weighted by atomic mass is 9.74. The summed E-state index contributed by atoms with van der Waals surface area (Å²) in [4.78, 5) is 22.3. The van der Waals surface area contributed by atoms with Crippen molar-refractivity contribution in [1.29, 1.82) is 0 Å². The van der Waals surface area contributed by atoms with Crippen molar-refractivity contribution in [3.63, 3.8) is 0 Å². The molecule has 0 saturated carbocycles. The first kappa shape index (κ1) is 15.1. The lowest BCUT2D eigenvalue weighted by Crippen LogP contribution is -2.53. The van der Waals surface area contributed by atoms with Crippen LogP contribution in [0.4, 0.5) is 10.3 Å². The SMILES string of the molecule is O=C1CC(c2ccccc2)C2(CCN(c3ncc(F)cn3)CC2)N1. The highest BCUT2D eigenvalue weighted by Crippen LogP contribution is 2.43. The number of benzene rings is 1. The maximum Gasteiger partial charge on any atom is 0.225 e. The van der Waals surface area contributed by atoms with Gasteiger partial charge in [0, 0.05) is 25.4 Å². The van der Waals surface area contributed by atoms with Gasteiger partial charge in [0.05, 0.1) is 17.9 Å². The van der Waals surface area contributed by atoms with Crippen LogP contribution < -0.4 is 10.2 Å². The number of halogens is 1. The summed E-state index contributed by atoms with van der Waals surface area (Å²) in [6.07, 6.45) is 4.59. The van der Waals surface area contributed by atoms with Crippen molar-refractivity contribution in [2.75, 3.05) is 18.0 Å². The fraction of sp³-hybridized carbons (Fsp3) is 0.389. The van der Waals surface area contributed by atoms with Crippen molar-refractivity contribution in [2.45, 2.75) is 30.7 Å². The van der Waals surface area contributed by atoms with Crippen molar-refractivity contribution in [1.82, 2.24) is 15.3 Å². The molecule has 1 amide bonds. The number of rotatable bonds is 2. The van der Waals surface area contributed by atoms with E-state index in [1.54, 1.807) is 0 Å². The van der Waals surface area contributed by atoms with Crippen LogP contribution in [0.25, 0.3) is 0 Å². The maximum absolute atomic E-state index is 13.0. The second-order valence-corrected chi connectivity index (χ2v) is 6.56. The van der Waals surface area contributed by atoms with E-state index in [4.69, 9.17) is 0 Å². The molecule has 5 nitrogen and oxygen atoms in total. The van der Waals surface area contributed by atoms with Crippen molar-refractivity contribution in [3.05, 3.63) is 54.1 Å². The summed E-state index contributed by atoms with van der Waals surface area (Å²) < 4.78 is 13.0. The largest absolute Gasteiger partial charge is 0.350 e. The Hall–Kier alpha value is -2.50. The molecule has 1 spiro atoms. The zero-order valence-corrected chi connectivity index (χ0v) is 13.3. The number of anilines is 1. The number of nitrogens with zero attached hydrogens (tertiary/aromatic N) is 3. The number of hydrogen-bond donors (Lipinski definition) is 1. The molecule has 2 aliphatic rings. The molecule has 124 valence electrons. The fourth-order valence-electron chi connectivity index (χ4n) is 3.97. The normalized spacial score (nSPS) is 22.6. The average molecular weight is 326 g/mol. The van der Waals surface area contributed by atoms with Crippen LogP contribution in [-0.4, -0.2) is 34.5 Å². The molecule has 0 aliphatic carbocycles. The molecule has 2 fully saturated rings. The Balaban J connectivity index is 1.54. The first-order valence-electron chi connectivity index (χ1n) is 8.25. The minimum atomic E-state index is -0.431. The summed E-state index contributed by atoms with van der Waals surface area (Å²) in [6, 6.07) is 10.2. The summed E-state index contributed by atoms with van der Waals surface area (Å²) in [5.41, 5.74) is 1.01. The highest BCUT2D eigenvalue weighted by Gasteiger charge is 2.48. The zero-order chi connectivity index (χ0) is 16.6. The molecule has 1 aromatic heterocycles. The van der Waals surface area contributed by atoms with Gasteiger partial charge in [-0.25, -0.2) is 14.4 Å². The maximum atomic E-state index is 13.0. The third kappa shape index (κ3) is 2.62. The number of amides is 1. The Morgan fingerprint density at radius 3 is 2.46 bits per heavy atom. The van der Waals surface area contributed by atoms with Crippen molar-refractivity contribution >= 4 is 11.9 Å². The minimum absolute atomic E-state index is 0.121.